The highest BCUT2D eigenvalue weighted by molar-refractivity contribution is 5.99. The van der Waals surface area contributed by atoms with Gasteiger partial charge in [0, 0.05) is 12.6 Å². The third-order valence-electron chi connectivity index (χ3n) is 4.15. The molecule has 11 heteroatoms. The first kappa shape index (κ1) is 19.4. The van der Waals surface area contributed by atoms with Crippen LogP contribution in [0.2, 0.25) is 0 Å². The van der Waals surface area contributed by atoms with Gasteiger partial charge in [0.2, 0.25) is 5.88 Å². The zero-order valence-corrected chi connectivity index (χ0v) is 15.6. The van der Waals surface area contributed by atoms with Crippen LogP contribution in [0.5, 0.6) is 5.88 Å². The second-order valence-electron chi connectivity index (χ2n) is 7.94. The Labute approximate surface area is 159 Å². The maximum Gasteiger partial charge on any atom is 0.410 e. The molecule has 2 heterocycles. The number of aromatic nitrogens is 3. The fraction of sp³-hybridized carbons (Fsp3) is 0.471. The van der Waals surface area contributed by atoms with Crippen molar-refractivity contribution in [2.75, 3.05) is 5.32 Å². The lowest BCUT2D eigenvalue weighted by Gasteiger charge is -2.21. The third kappa shape index (κ3) is 3.55. The van der Waals surface area contributed by atoms with Crippen molar-refractivity contribution in [1.82, 2.24) is 19.5 Å². The van der Waals surface area contributed by atoms with E-state index in [9.17, 15) is 24.3 Å². The fourth-order valence-electron chi connectivity index (χ4n) is 2.87. The Bertz CT molecular complexity index is 1040. The largest absolute Gasteiger partial charge is 0.492 e. The maximum absolute atomic E-state index is 13.1. The standard InChI is InChI=1S/C17H21N5O6/c1-17(2,3)7-21-13-9(6-23)11(19-16(27)28)20-22(13)15(26)10(14(21)25)12(24)18-8-4-5-8/h6,8,26H,4-5,7H2,1-3H3,(H,18,24)(H,19,20)(H,27,28). The molecule has 0 aliphatic heterocycles. The number of carboxylic acid groups (broad SMARTS) is 1. The van der Waals surface area contributed by atoms with Gasteiger partial charge in [-0.15, -0.1) is 5.10 Å². The summed E-state index contributed by atoms with van der Waals surface area (Å²) in [6, 6.07) is -0.0505. The topological polar surface area (TPSA) is 155 Å². The van der Waals surface area contributed by atoms with E-state index in [2.05, 4.69) is 10.4 Å². The molecule has 150 valence electrons. The predicted octanol–water partition coefficient (Wildman–Crippen LogP) is 1.04. The number of carbonyl (C=O) groups excluding carboxylic acids is 2. The molecule has 0 radical (unpaired) electrons. The maximum atomic E-state index is 13.1. The second kappa shape index (κ2) is 6.66. The first-order valence-electron chi connectivity index (χ1n) is 8.68. The number of rotatable bonds is 5. The predicted molar refractivity (Wildman–Crippen MR) is 98.1 cm³/mol. The molecular weight excluding hydrogens is 370 g/mol. The van der Waals surface area contributed by atoms with Crippen molar-refractivity contribution in [3.63, 3.8) is 0 Å². The van der Waals surface area contributed by atoms with Gasteiger partial charge >= 0.3 is 6.09 Å². The number of amides is 2. The average molecular weight is 391 g/mol. The van der Waals surface area contributed by atoms with Crippen molar-refractivity contribution in [2.24, 2.45) is 5.41 Å². The van der Waals surface area contributed by atoms with Crippen LogP contribution >= 0.6 is 0 Å². The van der Waals surface area contributed by atoms with Gasteiger partial charge in [0.25, 0.3) is 11.5 Å². The van der Waals surface area contributed by atoms with Gasteiger partial charge in [-0.05, 0) is 18.3 Å². The molecule has 2 aromatic rings. The molecule has 0 aromatic carbocycles. The molecule has 0 saturated heterocycles. The minimum Gasteiger partial charge on any atom is -0.492 e. The molecule has 0 atom stereocenters. The zero-order valence-electron chi connectivity index (χ0n) is 15.6. The lowest BCUT2D eigenvalue weighted by atomic mass is 9.96. The number of aldehydes is 1. The second-order valence-corrected chi connectivity index (χ2v) is 7.94. The Hall–Kier alpha value is -3.37. The molecule has 0 spiro atoms. The summed E-state index contributed by atoms with van der Waals surface area (Å²) in [7, 11) is 0. The van der Waals surface area contributed by atoms with Crippen LogP contribution in [0.4, 0.5) is 10.6 Å². The molecule has 1 aliphatic rings. The van der Waals surface area contributed by atoms with E-state index in [1.165, 1.54) is 0 Å². The van der Waals surface area contributed by atoms with E-state index in [0.717, 1.165) is 21.9 Å². The number of fused-ring (bicyclic) bond motifs is 1. The summed E-state index contributed by atoms with van der Waals surface area (Å²) in [6.45, 7) is 5.64. The van der Waals surface area contributed by atoms with Gasteiger partial charge in [-0.25, -0.2) is 4.79 Å². The number of hydrogen-bond donors (Lipinski definition) is 4. The number of carbonyl (C=O) groups is 3. The molecule has 28 heavy (non-hydrogen) atoms. The van der Waals surface area contributed by atoms with Crippen molar-refractivity contribution < 1.29 is 24.6 Å². The average Bonchev–Trinajstić information content (AvgIpc) is 3.29. The van der Waals surface area contributed by atoms with Gasteiger partial charge in [-0.1, -0.05) is 20.8 Å². The molecule has 1 saturated carbocycles. The highest BCUT2D eigenvalue weighted by Gasteiger charge is 2.32. The number of anilines is 1. The van der Waals surface area contributed by atoms with Crippen LogP contribution in [0.15, 0.2) is 4.79 Å². The van der Waals surface area contributed by atoms with Gasteiger partial charge < -0.3 is 15.5 Å². The Kier molecular flexibility index (Phi) is 4.61. The smallest absolute Gasteiger partial charge is 0.410 e. The summed E-state index contributed by atoms with van der Waals surface area (Å²) in [4.78, 5) is 48.3. The van der Waals surface area contributed by atoms with Crippen LogP contribution in [0.3, 0.4) is 0 Å². The molecule has 0 bridgehead atoms. The molecule has 2 aromatic heterocycles. The van der Waals surface area contributed by atoms with Gasteiger partial charge in [0.15, 0.2) is 23.3 Å². The molecule has 3 rings (SSSR count). The normalized spacial score (nSPS) is 14.1. The fourth-order valence-corrected chi connectivity index (χ4v) is 2.87. The molecule has 0 unspecified atom stereocenters. The van der Waals surface area contributed by atoms with Gasteiger partial charge in [-0.2, -0.15) is 4.52 Å². The molecule has 2 amide bonds. The summed E-state index contributed by atoms with van der Waals surface area (Å²) in [5.74, 6) is -1.85. The summed E-state index contributed by atoms with van der Waals surface area (Å²) in [6.07, 6.45) is 0.446. The minimum absolute atomic E-state index is 0.0505. The van der Waals surface area contributed by atoms with E-state index in [0.29, 0.717) is 6.29 Å². The lowest BCUT2D eigenvalue weighted by molar-refractivity contribution is 0.0944. The van der Waals surface area contributed by atoms with E-state index in [-0.39, 0.29) is 29.6 Å². The number of nitrogens with zero attached hydrogens (tertiary/aromatic N) is 3. The van der Waals surface area contributed by atoms with E-state index < -0.39 is 34.4 Å². The van der Waals surface area contributed by atoms with E-state index in [1.807, 2.05) is 26.1 Å². The van der Waals surface area contributed by atoms with Crippen molar-refractivity contribution in [2.45, 2.75) is 46.2 Å². The third-order valence-corrected chi connectivity index (χ3v) is 4.15. The van der Waals surface area contributed by atoms with Crippen LogP contribution in [0, 0.1) is 5.41 Å². The van der Waals surface area contributed by atoms with Gasteiger partial charge in [0.05, 0.1) is 0 Å². The number of nitrogens with one attached hydrogen (secondary N) is 2. The van der Waals surface area contributed by atoms with Crippen LogP contribution < -0.4 is 16.2 Å². The monoisotopic (exact) mass is 391 g/mol. The quantitative estimate of drug-likeness (QED) is 0.555. The van der Waals surface area contributed by atoms with Crippen LogP contribution in [0.25, 0.3) is 5.65 Å². The molecule has 4 N–H and O–H groups in total. The highest BCUT2D eigenvalue weighted by atomic mass is 16.4. The Morgan fingerprint density at radius 2 is 1.96 bits per heavy atom. The van der Waals surface area contributed by atoms with Crippen molar-refractivity contribution in [1.29, 1.82) is 0 Å². The van der Waals surface area contributed by atoms with Crippen molar-refractivity contribution in [3.8, 4) is 5.88 Å². The molecule has 11 nitrogen and oxygen atoms in total. The zero-order chi connectivity index (χ0) is 20.8. The highest BCUT2D eigenvalue weighted by Crippen LogP contribution is 2.27. The number of aromatic hydroxyl groups is 1. The summed E-state index contributed by atoms with van der Waals surface area (Å²) < 4.78 is 2.00. The molecule has 1 fully saturated rings. The minimum atomic E-state index is -1.47. The number of hydrogen-bond acceptors (Lipinski definition) is 6. The first-order chi connectivity index (χ1) is 13.0. The summed E-state index contributed by atoms with van der Waals surface area (Å²) in [5.41, 5.74) is -2.04. The summed E-state index contributed by atoms with van der Waals surface area (Å²) in [5, 5.41) is 28.0. The van der Waals surface area contributed by atoms with Crippen LogP contribution in [-0.4, -0.2) is 48.7 Å². The van der Waals surface area contributed by atoms with Crippen molar-refractivity contribution >= 4 is 29.8 Å². The van der Waals surface area contributed by atoms with E-state index >= 15 is 0 Å². The summed E-state index contributed by atoms with van der Waals surface area (Å²) >= 11 is 0. The van der Waals surface area contributed by atoms with Gasteiger partial charge in [-0.3, -0.25) is 24.3 Å². The van der Waals surface area contributed by atoms with E-state index in [4.69, 9.17) is 5.11 Å². The Morgan fingerprint density at radius 3 is 2.46 bits per heavy atom. The van der Waals surface area contributed by atoms with Crippen LogP contribution in [-0.2, 0) is 6.54 Å². The lowest BCUT2D eigenvalue weighted by Crippen LogP contribution is -2.37. The van der Waals surface area contributed by atoms with Crippen molar-refractivity contribution in [3.05, 3.63) is 21.5 Å². The first-order valence-corrected chi connectivity index (χ1v) is 8.68. The Morgan fingerprint density at radius 1 is 1.32 bits per heavy atom. The van der Waals surface area contributed by atoms with E-state index in [1.54, 1.807) is 0 Å². The van der Waals surface area contributed by atoms with Gasteiger partial charge in [0.1, 0.15) is 5.56 Å². The molecular formula is C17H21N5O6. The Balaban J connectivity index is 2.34. The molecule has 1 aliphatic carbocycles. The van der Waals surface area contributed by atoms with Crippen LogP contribution in [0.1, 0.15) is 54.3 Å². The SMILES string of the molecule is CC(C)(C)Cn1c(=O)c(C(=O)NC2CC2)c(O)n2nc(NC(=O)O)c(C=O)c12.